The largest absolute Gasteiger partial charge is 0.480 e. The predicted octanol–water partition coefficient (Wildman–Crippen LogP) is 0.191. The van der Waals surface area contributed by atoms with Crippen molar-refractivity contribution >= 4 is 17.6 Å². The predicted molar refractivity (Wildman–Crippen MR) is 68.0 cm³/mol. The van der Waals surface area contributed by atoms with Crippen molar-refractivity contribution in [2.24, 2.45) is 5.73 Å². The lowest BCUT2D eigenvalue weighted by Gasteiger charge is -2.14. The number of benzene rings is 1. The molecule has 0 aliphatic rings. The Hall–Kier alpha value is -2.08. The normalized spacial score (nSPS) is 11.8. The van der Waals surface area contributed by atoms with Gasteiger partial charge in [-0.25, -0.2) is 4.79 Å². The average Bonchev–Trinajstić information content (AvgIpc) is 2.34. The number of amides is 1. The van der Waals surface area contributed by atoms with Crippen LogP contribution < -0.4 is 16.8 Å². The zero-order valence-electron chi connectivity index (χ0n) is 9.93. The fourth-order valence-corrected chi connectivity index (χ4v) is 1.46. The van der Waals surface area contributed by atoms with Gasteiger partial charge in [0.25, 0.3) is 5.91 Å². The molecular weight excluding hydrogens is 234 g/mol. The van der Waals surface area contributed by atoms with Crippen LogP contribution in [0.2, 0.25) is 0 Å². The van der Waals surface area contributed by atoms with E-state index in [0.29, 0.717) is 30.6 Å². The van der Waals surface area contributed by atoms with Gasteiger partial charge in [-0.3, -0.25) is 4.79 Å². The van der Waals surface area contributed by atoms with Crippen LogP contribution >= 0.6 is 0 Å². The zero-order valence-corrected chi connectivity index (χ0v) is 9.93. The first kappa shape index (κ1) is 14.0. The van der Waals surface area contributed by atoms with Crippen LogP contribution in [0.4, 0.5) is 5.69 Å². The van der Waals surface area contributed by atoms with E-state index in [1.165, 1.54) is 0 Å². The summed E-state index contributed by atoms with van der Waals surface area (Å²) in [6.07, 6.45) is 0.853. The van der Waals surface area contributed by atoms with Crippen molar-refractivity contribution in [1.82, 2.24) is 5.32 Å². The Balaban J connectivity index is 2.66. The molecule has 1 aromatic rings. The quantitative estimate of drug-likeness (QED) is 0.538. The summed E-state index contributed by atoms with van der Waals surface area (Å²) in [5, 5.41) is 11.4. The van der Waals surface area contributed by atoms with Gasteiger partial charge in [0, 0.05) is 11.3 Å². The van der Waals surface area contributed by atoms with Gasteiger partial charge < -0.3 is 21.9 Å². The zero-order chi connectivity index (χ0) is 13.5. The summed E-state index contributed by atoms with van der Waals surface area (Å²) in [6, 6.07) is 5.35. The lowest BCUT2D eigenvalue weighted by molar-refractivity contribution is -0.139. The average molecular weight is 251 g/mol. The van der Waals surface area contributed by atoms with Crippen molar-refractivity contribution in [3.8, 4) is 0 Å². The molecule has 0 bridgehead atoms. The van der Waals surface area contributed by atoms with E-state index in [2.05, 4.69) is 5.32 Å². The van der Waals surface area contributed by atoms with Crippen molar-refractivity contribution in [1.29, 1.82) is 0 Å². The Morgan fingerprint density at radius 3 is 2.39 bits per heavy atom. The van der Waals surface area contributed by atoms with Crippen LogP contribution in [0.3, 0.4) is 0 Å². The molecule has 0 aliphatic carbocycles. The number of carbonyl (C=O) groups excluding carboxylic acids is 1. The maximum atomic E-state index is 11.8. The van der Waals surface area contributed by atoms with Gasteiger partial charge in [0.2, 0.25) is 0 Å². The summed E-state index contributed by atoms with van der Waals surface area (Å²) < 4.78 is 0. The molecule has 1 amide bonds. The number of hydrogen-bond acceptors (Lipinski definition) is 4. The third-order valence-corrected chi connectivity index (χ3v) is 2.47. The molecule has 0 aliphatic heterocycles. The first-order valence-electron chi connectivity index (χ1n) is 5.64. The number of nitrogens with one attached hydrogen (secondary N) is 1. The molecule has 0 spiro atoms. The fourth-order valence-electron chi connectivity index (χ4n) is 1.46. The van der Waals surface area contributed by atoms with Crippen LogP contribution in [0.5, 0.6) is 0 Å². The van der Waals surface area contributed by atoms with E-state index >= 15 is 0 Å². The summed E-state index contributed by atoms with van der Waals surface area (Å²) >= 11 is 0. The Bertz CT molecular complexity index is 417. The summed E-state index contributed by atoms with van der Waals surface area (Å²) in [5.74, 6) is -1.49. The second-order valence-corrected chi connectivity index (χ2v) is 3.92. The number of carbonyl (C=O) groups is 2. The molecule has 6 nitrogen and oxygen atoms in total. The van der Waals surface area contributed by atoms with Gasteiger partial charge in [0.1, 0.15) is 6.04 Å². The third kappa shape index (κ3) is 4.06. The van der Waals surface area contributed by atoms with Gasteiger partial charge in [-0.1, -0.05) is 0 Å². The molecule has 0 aromatic heterocycles. The molecule has 18 heavy (non-hydrogen) atoms. The molecule has 98 valence electrons. The van der Waals surface area contributed by atoms with E-state index in [4.69, 9.17) is 16.6 Å². The Morgan fingerprint density at radius 1 is 1.28 bits per heavy atom. The molecule has 1 rings (SSSR count). The summed E-state index contributed by atoms with van der Waals surface area (Å²) in [7, 11) is 0. The molecule has 0 fully saturated rings. The van der Waals surface area contributed by atoms with E-state index in [0.717, 1.165) is 0 Å². The van der Waals surface area contributed by atoms with Gasteiger partial charge in [-0.2, -0.15) is 0 Å². The number of carboxylic acid groups (broad SMARTS) is 1. The van der Waals surface area contributed by atoms with Gasteiger partial charge >= 0.3 is 5.97 Å². The van der Waals surface area contributed by atoms with Crippen LogP contribution in [0.1, 0.15) is 23.2 Å². The smallest absolute Gasteiger partial charge is 0.326 e. The van der Waals surface area contributed by atoms with Crippen molar-refractivity contribution in [2.45, 2.75) is 18.9 Å². The number of anilines is 1. The van der Waals surface area contributed by atoms with Gasteiger partial charge in [0.05, 0.1) is 0 Å². The Kier molecular flexibility index (Phi) is 5.13. The highest BCUT2D eigenvalue weighted by molar-refractivity contribution is 5.96. The maximum Gasteiger partial charge on any atom is 0.326 e. The van der Waals surface area contributed by atoms with E-state index in [-0.39, 0.29) is 0 Å². The van der Waals surface area contributed by atoms with E-state index < -0.39 is 17.9 Å². The number of nitrogen functional groups attached to an aromatic ring is 1. The molecule has 0 heterocycles. The number of rotatable bonds is 6. The highest BCUT2D eigenvalue weighted by atomic mass is 16.4. The Morgan fingerprint density at radius 2 is 1.89 bits per heavy atom. The second-order valence-electron chi connectivity index (χ2n) is 3.92. The highest BCUT2D eigenvalue weighted by Crippen LogP contribution is 2.06. The summed E-state index contributed by atoms with van der Waals surface area (Å²) in [4.78, 5) is 22.7. The van der Waals surface area contributed by atoms with E-state index in [1.807, 2.05) is 0 Å². The standard InChI is InChI=1S/C12H17N3O3/c13-7-1-2-10(12(17)18)15-11(16)8-3-5-9(14)6-4-8/h3-6,10H,1-2,7,13-14H2,(H,15,16)(H,17,18)/t10-/m1/s1. The minimum absolute atomic E-state index is 0.312. The minimum atomic E-state index is -1.06. The van der Waals surface area contributed by atoms with Crippen LogP contribution in [-0.2, 0) is 4.79 Å². The fraction of sp³-hybridized carbons (Fsp3) is 0.333. The molecule has 1 atom stereocenters. The van der Waals surface area contributed by atoms with Gasteiger partial charge in [-0.05, 0) is 43.7 Å². The van der Waals surface area contributed by atoms with Crippen molar-refractivity contribution in [3.63, 3.8) is 0 Å². The number of aliphatic carboxylic acids is 1. The van der Waals surface area contributed by atoms with Crippen molar-refractivity contribution in [2.75, 3.05) is 12.3 Å². The van der Waals surface area contributed by atoms with E-state index in [1.54, 1.807) is 24.3 Å². The van der Waals surface area contributed by atoms with Crippen LogP contribution in [-0.4, -0.2) is 29.6 Å². The van der Waals surface area contributed by atoms with Gasteiger partial charge in [0.15, 0.2) is 0 Å². The Labute approximate surface area is 105 Å². The first-order valence-corrected chi connectivity index (χ1v) is 5.64. The van der Waals surface area contributed by atoms with E-state index in [9.17, 15) is 9.59 Å². The number of carboxylic acids is 1. The lowest BCUT2D eigenvalue weighted by Crippen LogP contribution is -2.41. The molecular formula is C12H17N3O3. The van der Waals surface area contributed by atoms with Crippen molar-refractivity contribution < 1.29 is 14.7 Å². The molecule has 1 aromatic carbocycles. The van der Waals surface area contributed by atoms with Crippen LogP contribution in [0, 0.1) is 0 Å². The summed E-state index contributed by atoms with van der Waals surface area (Å²) in [5.41, 5.74) is 11.7. The maximum absolute atomic E-state index is 11.8. The summed E-state index contributed by atoms with van der Waals surface area (Å²) in [6.45, 7) is 0.390. The van der Waals surface area contributed by atoms with Crippen LogP contribution in [0.25, 0.3) is 0 Å². The topological polar surface area (TPSA) is 118 Å². The number of nitrogens with two attached hydrogens (primary N) is 2. The molecule has 0 saturated heterocycles. The number of hydrogen-bond donors (Lipinski definition) is 4. The molecule has 0 unspecified atom stereocenters. The lowest BCUT2D eigenvalue weighted by atomic mass is 10.1. The molecule has 0 saturated carbocycles. The second kappa shape index (κ2) is 6.61. The molecule has 6 N–H and O–H groups in total. The molecule has 6 heteroatoms. The molecule has 0 radical (unpaired) electrons. The monoisotopic (exact) mass is 251 g/mol. The third-order valence-electron chi connectivity index (χ3n) is 2.47. The minimum Gasteiger partial charge on any atom is -0.480 e. The SMILES string of the molecule is NCCC[C@@H](NC(=O)c1ccc(N)cc1)C(=O)O. The van der Waals surface area contributed by atoms with Crippen LogP contribution in [0.15, 0.2) is 24.3 Å². The van der Waals surface area contributed by atoms with Crippen molar-refractivity contribution in [3.05, 3.63) is 29.8 Å². The van der Waals surface area contributed by atoms with Gasteiger partial charge in [-0.15, -0.1) is 0 Å². The highest BCUT2D eigenvalue weighted by Gasteiger charge is 2.19. The first-order chi connectivity index (χ1) is 8.54.